The summed E-state index contributed by atoms with van der Waals surface area (Å²) in [5.74, 6) is -0.323. The molecule has 0 aliphatic rings. The highest BCUT2D eigenvalue weighted by Crippen LogP contribution is 2.27. The monoisotopic (exact) mass is 362 g/mol. The van der Waals surface area contributed by atoms with Crippen molar-refractivity contribution in [1.82, 2.24) is 20.6 Å². The highest BCUT2D eigenvalue weighted by atomic mass is 79.9. The second-order valence-corrected chi connectivity index (χ2v) is 4.99. The zero-order chi connectivity index (χ0) is 16.1. The number of aromatic nitrogens is 4. The number of hydrogen-bond donors (Lipinski definition) is 2. The molecule has 9 heteroatoms. The van der Waals surface area contributed by atoms with Crippen LogP contribution in [0, 0.1) is 18.3 Å². The van der Waals surface area contributed by atoms with Gasteiger partial charge in [0.25, 0.3) is 0 Å². The Bertz CT molecular complexity index is 764. The maximum Gasteiger partial charge on any atom is 0.340 e. The van der Waals surface area contributed by atoms with Gasteiger partial charge in [-0.1, -0.05) is 15.9 Å². The molecule has 0 amide bonds. The van der Waals surface area contributed by atoms with Gasteiger partial charge in [-0.2, -0.15) is 10.5 Å². The van der Waals surface area contributed by atoms with Crippen molar-refractivity contribution in [3.05, 3.63) is 39.8 Å². The minimum absolute atomic E-state index is 0.156. The maximum absolute atomic E-state index is 11.9. The molecule has 0 saturated heterocycles. The molecular formula is C13H11BrN6O2. The third-order valence-corrected chi connectivity index (χ3v) is 3.73. The van der Waals surface area contributed by atoms with Crippen LogP contribution < -0.4 is 5.32 Å². The minimum atomic E-state index is -0.479. The van der Waals surface area contributed by atoms with Gasteiger partial charge in [0, 0.05) is 10.7 Å². The number of anilines is 1. The molecule has 0 bridgehead atoms. The Balaban J connectivity index is 2.40. The fourth-order valence-corrected chi connectivity index (χ4v) is 2.07. The van der Waals surface area contributed by atoms with E-state index in [1.54, 1.807) is 19.1 Å². The molecule has 0 unspecified atom stereocenters. The molecule has 0 saturated carbocycles. The first-order valence-corrected chi connectivity index (χ1v) is 6.85. The van der Waals surface area contributed by atoms with Gasteiger partial charge in [0.1, 0.15) is 11.6 Å². The average molecular weight is 363 g/mol. The molecule has 0 spiro atoms. The van der Waals surface area contributed by atoms with Crippen LogP contribution in [-0.4, -0.2) is 33.7 Å². The summed E-state index contributed by atoms with van der Waals surface area (Å²) in [7, 11) is 1.31. The Labute approximate surface area is 134 Å². The van der Waals surface area contributed by atoms with Crippen LogP contribution in [0.5, 0.6) is 0 Å². The number of carbonyl (C=O) groups excluding carboxylic acids is 1. The first kappa shape index (κ1) is 15.7. The molecule has 1 aromatic heterocycles. The van der Waals surface area contributed by atoms with E-state index in [4.69, 9.17) is 10.00 Å². The summed E-state index contributed by atoms with van der Waals surface area (Å²) in [6.07, 6.45) is 1.40. The lowest BCUT2D eigenvalue weighted by Gasteiger charge is -2.12. The number of rotatable bonds is 4. The van der Waals surface area contributed by atoms with Gasteiger partial charge in [-0.25, -0.2) is 4.79 Å². The first-order valence-electron chi connectivity index (χ1n) is 6.06. The molecule has 22 heavy (non-hydrogen) atoms. The average Bonchev–Trinajstić information content (AvgIpc) is 3.05. The SMILES string of the molecule is COC(=O)c1c(NC=C(C#N)c2nn[nH]n2)ccc(Br)c1C. The van der Waals surface area contributed by atoms with Crippen LogP contribution in [-0.2, 0) is 4.74 Å². The Morgan fingerprint density at radius 1 is 1.55 bits per heavy atom. The van der Waals surface area contributed by atoms with Crippen LogP contribution in [0.1, 0.15) is 21.7 Å². The largest absolute Gasteiger partial charge is 0.465 e. The van der Waals surface area contributed by atoms with Gasteiger partial charge in [0.05, 0.1) is 18.4 Å². The smallest absolute Gasteiger partial charge is 0.340 e. The van der Waals surface area contributed by atoms with E-state index in [0.717, 1.165) is 10.0 Å². The predicted octanol–water partition coefficient (Wildman–Crippen LogP) is 2.03. The van der Waals surface area contributed by atoms with Crippen molar-refractivity contribution in [1.29, 1.82) is 5.26 Å². The van der Waals surface area contributed by atoms with Crippen molar-refractivity contribution >= 4 is 33.2 Å². The Hall–Kier alpha value is -2.73. The van der Waals surface area contributed by atoms with Crippen molar-refractivity contribution in [2.45, 2.75) is 6.92 Å². The fourth-order valence-electron chi connectivity index (χ4n) is 1.74. The number of halogens is 1. The Kier molecular flexibility index (Phi) is 4.85. The molecule has 2 aromatic rings. The molecule has 0 radical (unpaired) electrons. The van der Waals surface area contributed by atoms with Gasteiger partial charge in [-0.15, -0.1) is 10.2 Å². The van der Waals surface area contributed by atoms with E-state index in [-0.39, 0.29) is 11.4 Å². The van der Waals surface area contributed by atoms with Crippen LogP contribution in [0.25, 0.3) is 5.57 Å². The van der Waals surface area contributed by atoms with E-state index < -0.39 is 5.97 Å². The number of H-pyrrole nitrogens is 1. The third-order valence-electron chi connectivity index (χ3n) is 2.87. The molecule has 0 atom stereocenters. The first-order chi connectivity index (χ1) is 10.6. The van der Waals surface area contributed by atoms with Gasteiger partial charge in [0.2, 0.25) is 5.82 Å². The molecule has 0 aliphatic heterocycles. The van der Waals surface area contributed by atoms with Crippen LogP contribution in [0.15, 0.2) is 22.8 Å². The van der Waals surface area contributed by atoms with E-state index in [0.29, 0.717) is 11.3 Å². The van der Waals surface area contributed by atoms with E-state index in [2.05, 4.69) is 41.9 Å². The molecule has 2 rings (SSSR count). The molecule has 8 nitrogen and oxygen atoms in total. The standard InChI is InChI=1S/C13H11BrN6O2/c1-7-9(14)3-4-10(11(7)13(21)22-2)16-6-8(5-15)12-17-19-20-18-12/h3-4,6,16H,1-2H3,(H,17,18,19,20). The Morgan fingerprint density at radius 2 is 2.32 bits per heavy atom. The number of ether oxygens (including phenoxy) is 1. The van der Waals surface area contributed by atoms with E-state index in [1.807, 2.05) is 6.07 Å². The molecule has 0 fully saturated rings. The van der Waals surface area contributed by atoms with Crippen LogP contribution >= 0.6 is 15.9 Å². The summed E-state index contributed by atoms with van der Waals surface area (Å²) >= 11 is 3.37. The number of hydrogen-bond acceptors (Lipinski definition) is 7. The number of nitriles is 1. The molecule has 0 aliphatic carbocycles. The van der Waals surface area contributed by atoms with Crippen LogP contribution in [0.2, 0.25) is 0 Å². The maximum atomic E-state index is 11.9. The normalized spacial score (nSPS) is 10.9. The fraction of sp³-hybridized carbons (Fsp3) is 0.154. The quantitative estimate of drug-likeness (QED) is 0.631. The molecule has 1 aromatic carbocycles. The highest BCUT2D eigenvalue weighted by Gasteiger charge is 2.17. The Morgan fingerprint density at radius 3 is 2.91 bits per heavy atom. The van der Waals surface area contributed by atoms with Crippen molar-refractivity contribution in [2.75, 3.05) is 12.4 Å². The van der Waals surface area contributed by atoms with Gasteiger partial charge in [-0.3, -0.25) is 0 Å². The summed E-state index contributed by atoms with van der Waals surface area (Å²) in [4.78, 5) is 11.9. The summed E-state index contributed by atoms with van der Waals surface area (Å²) in [5.41, 5.74) is 1.77. The van der Waals surface area contributed by atoms with Crippen molar-refractivity contribution in [3.63, 3.8) is 0 Å². The summed E-state index contributed by atoms with van der Waals surface area (Å²) in [6.45, 7) is 1.79. The third kappa shape index (κ3) is 3.12. The second kappa shape index (κ2) is 6.82. The number of nitrogens with zero attached hydrogens (tertiary/aromatic N) is 4. The van der Waals surface area contributed by atoms with Crippen LogP contribution in [0.4, 0.5) is 5.69 Å². The summed E-state index contributed by atoms with van der Waals surface area (Å²) in [6, 6.07) is 5.44. The van der Waals surface area contributed by atoms with Gasteiger partial charge >= 0.3 is 5.97 Å². The molecule has 1 heterocycles. The number of allylic oxidation sites excluding steroid dienone is 1. The topological polar surface area (TPSA) is 117 Å². The van der Waals surface area contributed by atoms with Crippen molar-refractivity contribution in [3.8, 4) is 6.07 Å². The summed E-state index contributed by atoms with van der Waals surface area (Å²) in [5, 5.41) is 25.1. The number of nitrogens with one attached hydrogen (secondary N) is 2. The molecular weight excluding hydrogens is 352 g/mol. The summed E-state index contributed by atoms with van der Waals surface area (Å²) < 4.78 is 5.57. The van der Waals surface area contributed by atoms with E-state index in [1.165, 1.54) is 13.3 Å². The number of carbonyl (C=O) groups is 1. The number of methoxy groups -OCH3 is 1. The van der Waals surface area contributed by atoms with Crippen LogP contribution in [0.3, 0.4) is 0 Å². The minimum Gasteiger partial charge on any atom is -0.465 e. The molecule has 2 N–H and O–H groups in total. The van der Waals surface area contributed by atoms with Gasteiger partial charge in [0.15, 0.2) is 0 Å². The number of tetrazole rings is 1. The number of benzene rings is 1. The van der Waals surface area contributed by atoms with Gasteiger partial charge in [-0.05, 0) is 29.8 Å². The van der Waals surface area contributed by atoms with Crippen molar-refractivity contribution in [2.24, 2.45) is 0 Å². The lowest BCUT2D eigenvalue weighted by Crippen LogP contribution is -2.08. The van der Waals surface area contributed by atoms with E-state index >= 15 is 0 Å². The zero-order valence-corrected chi connectivity index (χ0v) is 13.3. The lowest BCUT2D eigenvalue weighted by molar-refractivity contribution is 0.0601. The van der Waals surface area contributed by atoms with Gasteiger partial charge < -0.3 is 10.1 Å². The number of esters is 1. The number of aromatic amines is 1. The van der Waals surface area contributed by atoms with Crippen molar-refractivity contribution < 1.29 is 9.53 Å². The lowest BCUT2D eigenvalue weighted by atomic mass is 10.1. The van der Waals surface area contributed by atoms with E-state index in [9.17, 15) is 4.79 Å². The predicted molar refractivity (Wildman–Crippen MR) is 81.6 cm³/mol. The molecule has 112 valence electrons. The zero-order valence-electron chi connectivity index (χ0n) is 11.7. The highest BCUT2D eigenvalue weighted by molar-refractivity contribution is 9.10. The second-order valence-electron chi connectivity index (χ2n) is 4.14.